The van der Waals surface area contributed by atoms with Gasteiger partial charge in [0, 0.05) is 6.54 Å². The van der Waals surface area contributed by atoms with E-state index in [1.165, 1.54) is 5.56 Å². The molecule has 0 fully saturated rings. The van der Waals surface area contributed by atoms with Gasteiger partial charge in [-0.15, -0.1) is 0 Å². The molecule has 26 heavy (non-hydrogen) atoms. The third-order valence-electron chi connectivity index (χ3n) is 4.16. The van der Waals surface area contributed by atoms with Gasteiger partial charge in [-0.3, -0.25) is 4.79 Å². The highest BCUT2D eigenvalue weighted by atomic mass is 16.5. The molecule has 1 amide bonds. The lowest BCUT2D eigenvalue weighted by atomic mass is 10.1. The molecule has 0 saturated carbocycles. The molecule has 2 aromatic carbocycles. The highest BCUT2D eigenvalue weighted by molar-refractivity contribution is 5.80. The van der Waals surface area contributed by atoms with Crippen LogP contribution in [0.3, 0.4) is 0 Å². The fourth-order valence-electron chi connectivity index (χ4n) is 2.69. The molecule has 5 heteroatoms. The Morgan fingerprint density at radius 2 is 1.69 bits per heavy atom. The van der Waals surface area contributed by atoms with Crippen LogP contribution in [0.25, 0.3) is 0 Å². The van der Waals surface area contributed by atoms with Crippen LogP contribution in [-0.2, 0) is 11.2 Å². The SMILES string of the molecule is COc1ccc(CCNC(=O)[C@H](C)Oc2ccc(C)cc2C)cc1OC. The zero-order valence-corrected chi connectivity index (χ0v) is 16.1. The number of carbonyl (C=O) groups is 1. The molecule has 2 aromatic rings. The summed E-state index contributed by atoms with van der Waals surface area (Å²) in [6.07, 6.45) is 0.143. The summed E-state index contributed by atoms with van der Waals surface area (Å²) < 4.78 is 16.3. The molecular weight excluding hydrogens is 330 g/mol. The van der Waals surface area contributed by atoms with Crippen LogP contribution in [0.15, 0.2) is 36.4 Å². The van der Waals surface area contributed by atoms with Gasteiger partial charge in [0.05, 0.1) is 14.2 Å². The number of amides is 1. The topological polar surface area (TPSA) is 56.8 Å². The van der Waals surface area contributed by atoms with Crippen molar-refractivity contribution in [3.63, 3.8) is 0 Å². The van der Waals surface area contributed by atoms with Crippen LogP contribution in [0.1, 0.15) is 23.6 Å². The van der Waals surface area contributed by atoms with Gasteiger partial charge in [-0.2, -0.15) is 0 Å². The first-order chi connectivity index (χ1) is 12.4. The Kier molecular flexibility index (Phi) is 6.89. The maximum absolute atomic E-state index is 12.3. The predicted octanol–water partition coefficient (Wildman–Crippen LogP) is 3.45. The molecule has 0 heterocycles. The molecule has 2 rings (SSSR count). The van der Waals surface area contributed by atoms with Crippen LogP contribution in [0, 0.1) is 13.8 Å². The summed E-state index contributed by atoms with van der Waals surface area (Å²) in [5, 5.41) is 2.91. The second kappa shape index (κ2) is 9.13. The van der Waals surface area contributed by atoms with Crippen LogP contribution in [0.5, 0.6) is 17.2 Å². The van der Waals surface area contributed by atoms with Gasteiger partial charge in [-0.1, -0.05) is 23.8 Å². The van der Waals surface area contributed by atoms with Crippen molar-refractivity contribution in [2.24, 2.45) is 0 Å². The molecule has 5 nitrogen and oxygen atoms in total. The van der Waals surface area contributed by atoms with Crippen LogP contribution >= 0.6 is 0 Å². The van der Waals surface area contributed by atoms with E-state index in [0.29, 0.717) is 24.5 Å². The van der Waals surface area contributed by atoms with Crippen molar-refractivity contribution in [2.75, 3.05) is 20.8 Å². The van der Waals surface area contributed by atoms with Crippen molar-refractivity contribution in [3.05, 3.63) is 53.1 Å². The van der Waals surface area contributed by atoms with E-state index in [2.05, 4.69) is 5.32 Å². The molecule has 0 aliphatic rings. The summed E-state index contributed by atoms with van der Waals surface area (Å²) in [7, 11) is 3.21. The zero-order valence-electron chi connectivity index (χ0n) is 16.1. The Balaban J connectivity index is 1.86. The van der Waals surface area contributed by atoms with E-state index in [0.717, 1.165) is 16.9 Å². The van der Waals surface area contributed by atoms with E-state index in [1.807, 2.05) is 50.2 Å². The summed E-state index contributed by atoms with van der Waals surface area (Å²) in [6.45, 7) is 6.28. The molecule has 0 spiro atoms. The number of rotatable bonds is 8. The van der Waals surface area contributed by atoms with E-state index in [1.54, 1.807) is 21.1 Å². The van der Waals surface area contributed by atoms with Gasteiger partial charge in [-0.25, -0.2) is 0 Å². The quantitative estimate of drug-likeness (QED) is 0.786. The summed E-state index contributed by atoms with van der Waals surface area (Å²) in [4.78, 5) is 12.3. The maximum Gasteiger partial charge on any atom is 0.260 e. The van der Waals surface area contributed by atoms with Crippen molar-refractivity contribution < 1.29 is 19.0 Å². The van der Waals surface area contributed by atoms with Crippen molar-refractivity contribution in [2.45, 2.75) is 33.3 Å². The molecule has 1 atom stereocenters. The number of aryl methyl sites for hydroxylation is 2. The number of hydrogen-bond acceptors (Lipinski definition) is 4. The monoisotopic (exact) mass is 357 g/mol. The normalized spacial score (nSPS) is 11.6. The second-order valence-corrected chi connectivity index (χ2v) is 6.26. The van der Waals surface area contributed by atoms with Gasteiger partial charge in [0.1, 0.15) is 5.75 Å². The molecule has 0 unspecified atom stereocenters. The molecule has 0 aliphatic heterocycles. The average Bonchev–Trinajstić information content (AvgIpc) is 2.63. The molecule has 0 radical (unpaired) electrons. The Labute approximate surface area is 155 Å². The molecule has 0 aromatic heterocycles. The van der Waals surface area contributed by atoms with Crippen molar-refractivity contribution in [3.8, 4) is 17.2 Å². The van der Waals surface area contributed by atoms with E-state index < -0.39 is 6.10 Å². The molecule has 0 aliphatic carbocycles. The number of nitrogens with one attached hydrogen (secondary N) is 1. The summed E-state index contributed by atoms with van der Waals surface area (Å²) in [5.41, 5.74) is 3.25. The van der Waals surface area contributed by atoms with Gasteiger partial charge in [-0.05, 0) is 56.5 Å². The lowest BCUT2D eigenvalue weighted by molar-refractivity contribution is -0.127. The zero-order chi connectivity index (χ0) is 19.1. The van der Waals surface area contributed by atoms with Crippen molar-refractivity contribution in [1.29, 1.82) is 0 Å². The van der Waals surface area contributed by atoms with Crippen molar-refractivity contribution in [1.82, 2.24) is 5.32 Å². The molecular formula is C21H27NO4. The largest absolute Gasteiger partial charge is 0.493 e. The smallest absolute Gasteiger partial charge is 0.260 e. The van der Waals surface area contributed by atoms with E-state index >= 15 is 0 Å². The lowest BCUT2D eigenvalue weighted by Gasteiger charge is -2.16. The Morgan fingerprint density at radius 3 is 2.35 bits per heavy atom. The van der Waals surface area contributed by atoms with Gasteiger partial charge in [0.2, 0.25) is 0 Å². The Hall–Kier alpha value is -2.69. The standard InChI is InChI=1S/C21H27NO4/c1-14-6-8-18(15(2)12-14)26-16(3)21(23)22-11-10-17-7-9-19(24-4)20(13-17)25-5/h6-9,12-13,16H,10-11H2,1-5H3,(H,22,23)/t16-/m0/s1. The number of methoxy groups -OCH3 is 2. The molecule has 0 saturated heterocycles. The third kappa shape index (κ3) is 5.15. The summed E-state index contributed by atoms with van der Waals surface area (Å²) >= 11 is 0. The van der Waals surface area contributed by atoms with Crippen LogP contribution in [0.4, 0.5) is 0 Å². The van der Waals surface area contributed by atoms with Gasteiger partial charge >= 0.3 is 0 Å². The number of hydrogen-bond donors (Lipinski definition) is 1. The van der Waals surface area contributed by atoms with Gasteiger partial charge in [0.15, 0.2) is 17.6 Å². The minimum absolute atomic E-state index is 0.134. The fraction of sp³-hybridized carbons (Fsp3) is 0.381. The van der Waals surface area contributed by atoms with Crippen LogP contribution in [-0.4, -0.2) is 32.8 Å². The first-order valence-corrected chi connectivity index (χ1v) is 8.67. The number of benzene rings is 2. The van der Waals surface area contributed by atoms with Crippen LogP contribution < -0.4 is 19.5 Å². The van der Waals surface area contributed by atoms with Gasteiger partial charge in [0.25, 0.3) is 5.91 Å². The first kappa shape index (κ1) is 19.6. The second-order valence-electron chi connectivity index (χ2n) is 6.26. The average molecular weight is 357 g/mol. The molecule has 140 valence electrons. The minimum Gasteiger partial charge on any atom is -0.493 e. The first-order valence-electron chi connectivity index (χ1n) is 8.67. The highest BCUT2D eigenvalue weighted by Gasteiger charge is 2.15. The molecule has 1 N–H and O–H groups in total. The van der Waals surface area contributed by atoms with E-state index in [4.69, 9.17) is 14.2 Å². The predicted molar refractivity (Wildman–Crippen MR) is 102 cm³/mol. The third-order valence-corrected chi connectivity index (χ3v) is 4.16. The minimum atomic E-state index is -0.554. The van der Waals surface area contributed by atoms with Crippen LogP contribution in [0.2, 0.25) is 0 Å². The van der Waals surface area contributed by atoms with Crippen molar-refractivity contribution >= 4 is 5.91 Å². The fourth-order valence-corrected chi connectivity index (χ4v) is 2.69. The molecule has 0 bridgehead atoms. The highest BCUT2D eigenvalue weighted by Crippen LogP contribution is 2.27. The van der Waals surface area contributed by atoms with E-state index in [9.17, 15) is 4.79 Å². The number of carbonyl (C=O) groups excluding carboxylic acids is 1. The summed E-state index contributed by atoms with van der Waals surface area (Å²) in [6, 6.07) is 11.7. The van der Waals surface area contributed by atoms with E-state index in [-0.39, 0.29) is 5.91 Å². The summed E-state index contributed by atoms with van der Waals surface area (Å²) in [5.74, 6) is 1.97. The van der Waals surface area contributed by atoms with Gasteiger partial charge < -0.3 is 19.5 Å². The number of ether oxygens (including phenoxy) is 3. The Morgan fingerprint density at radius 1 is 1.00 bits per heavy atom. The lowest BCUT2D eigenvalue weighted by Crippen LogP contribution is -2.37. The maximum atomic E-state index is 12.3. The Bertz CT molecular complexity index is 758.